The summed E-state index contributed by atoms with van der Waals surface area (Å²) >= 11 is 5.81. The van der Waals surface area contributed by atoms with Crippen LogP contribution in [0.2, 0.25) is 5.02 Å². The summed E-state index contributed by atoms with van der Waals surface area (Å²) in [7, 11) is 0. The van der Waals surface area contributed by atoms with Crippen molar-refractivity contribution < 1.29 is 5.11 Å². The molecule has 1 unspecified atom stereocenters. The first-order valence-electron chi connectivity index (χ1n) is 5.64. The van der Waals surface area contributed by atoms with E-state index in [1.54, 1.807) is 10.9 Å². The van der Waals surface area contributed by atoms with Crippen molar-refractivity contribution in [3.63, 3.8) is 0 Å². The van der Waals surface area contributed by atoms with Crippen molar-refractivity contribution in [2.45, 2.75) is 26.0 Å². The molecule has 2 rings (SSSR count). The van der Waals surface area contributed by atoms with Crippen molar-refractivity contribution >= 4 is 11.6 Å². The van der Waals surface area contributed by atoms with Crippen LogP contribution in [0.3, 0.4) is 0 Å². The minimum atomic E-state index is -0.517. The molecule has 0 bridgehead atoms. The highest BCUT2D eigenvalue weighted by molar-refractivity contribution is 6.30. The topological polar surface area (TPSA) is 38.0 Å². The van der Waals surface area contributed by atoms with Gasteiger partial charge in [0.15, 0.2) is 0 Å². The molecule has 1 aromatic carbocycles. The van der Waals surface area contributed by atoms with Crippen LogP contribution in [-0.4, -0.2) is 14.9 Å². The lowest BCUT2D eigenvalue weighted by molar-refractivity contribution is 0.178. The number of aliphatic hydroxyl groups is 1. The van der Waals surface area contributed by atoms with E-state index in [1.807, 2.05) is 37.4 Å². The van der Waals surface area contributed by atoms with E-state index < -0.39 is 6.10 Å². The smallest absolute Gasteiger partial charge is 0.0860 e. The fraction of sp³-hybridized carbons (Fsp3) is 0.308. The van der Waals surface area contributed by atoms with E-state index in [4.69, 9.17) is 11.6 Å². The van der Waals surface area contributed by atoms with Gasteiger partial charge in [0.25, 0.3) is 0 Å². The van der Waals surface area contributed by atoms with E-state index in [0.29, 0.717) is 11.4 Å². The molecule has 90 valence electrons. The standard InChI is InChI=1S/C13H15ClN2O/c1-2-16-9-11(8-15-16)13(17)7-10-3-5-12(14)6-4-10/h3-6,8-9,13,17H,2,7H2,1H3. The molecule has 0 aliphatic carbocycles. The molecule has 3 nitrogen and oxygen atoms in total. The van der Waals surface area contributed by atoms with Crippen molar-refractivity contribution in [2.24, 2.45) is 0 Å². The van der Waals surface area contributed by atoms with Crippen LogP contribution < -0.4 is 0 Å². The molecule has 4 heteroatoms. The molecule has 1 heterocycles. The van der Waals surface area contributed by atoms with Crippen LogP contribution in [0.5, 0.6) is 0 Å². The molecular weight excluding hydrogens is 236 g/mol. The van der Waals surface area contributed by atoms with Gasteiger partial charge in [-0.2, -0.15) is 5.10 Å². The Bertz CT molecular complexity index is 478. The second-order valence-electron chi connectivity index (χ2n) is 3.98. The second-order valence-corrected chi connectivity index (χ2v) is 4.41. The Labute approximate surface area is 106 Å². The first-order chi connectivity index (χ1) is 8.19. The Kier molecular flexibility index (Phi) is 3.82. The largest absolute Gasteiger partial charge is 0.388 e. The van der Waals surface area contributed by atoms with E-state index in [-0.39, 0.29) is 0 Å². The molecule has 0 amide bonds. The Balaban J connectivity index is 2.05. The van der Waals surface area contributed by atoms with Crippen LogP contribution in [0.25, 0.3) is 0 Å². The summed E-state index contributed by atoms with van der Waals surface area (Å²) in [5.41, 5.74) is 1.91. The van der Waals surface area contributed by atoms with E-state index in [2.05, 4.69) is 5.10 Å². The van der Waals surface area contributed by atoms with Crippen molar-refractivity contribution in [3.05, 3.63) is 52.8 Å². The summed E-state index contributed by atoms with van der Waals surface area (Å²) in [5, 5.41) is 14.9. The summed E-state index contributed by atoms with van der Waals surface area (Å²) < 4.78 is 1.81. The van der Waals surface area contributed by atoms with Gasteiger partial charge >= 0.3 is 0 Å². The van der Waals surface area contributed by atoms with E-state index >= 15 is 0 Å². The van der Waals surface area contributed by atoms with Crippen LogP contribution in [0, 0.1) is 0 Å². The van der Waals surface area contributed by atoms with Crippen LogP contribution in [0.4, 0.5) is 0 Å². The molecule has 1 atom stereocenters. The lowest BCUT2D eigenvalue weighted by Gasteiger charge is -2.08. The summed E-state index contributed by atoms with van der Waals surface area (Å²) in [5.74, 6) is 0. The number of aromatic nitrogens is 2. The van der Waals surface area contributed by atoms with Crippen LogP contribution in [0.15, 0.2) is 36.7 Å². The maximum atomic E-state index is 10.1. The van der Waals surface area contributed by atoms with Gasteiger partial charge in [-0.1, -0.05) is 23.7 Å². The average Bonchev–Trinajstić information content (AvgIpc) is 2.81. The monoisotopic (exact) mass is 250 g/mol. The Morgan fingerprint density at radius 3 is 2.65 bits per heavy atom. The zero-order valence-corrected chi connectivity index (χ0v) is 10.4. The maximum absolute atomic E-state index is 10.1. The van der Waals surface area contributed by atoms with E-state index in [0.717, 1.165) is 17.7 Å². The summed E-state index contributed by atoms with van der Waals surface area (Å²) in [4.78, 5) is 0. The number of aliphatic hydroxyl groups excluding tert-OH is 1. The first kappa shape index (κ1) is 12.1. The number of aryl methyl sites for hydroxylation is 1. The normalized spacial score (nSPS) is 12.6. The third-order valence-electron chi connectivity index (χ3n) is 2.70. The number of nitrogens with zero attached hydrogens (tertiary/aromatic N) is 2. The fourth-order valence-corrected chi connectivity index (χ4v) is 1.81. The highest BCUT2D eigenvalue weighted by atomic mass is 35.5. The van der Waals surface area contributed by atoms with Crippen molar-refractivity contribution in [3.8, 4) is 0 Å². The van der Waals surface area contributed by atoms with Gasteiger partial charge in [-0.05, 0) is 24.6 Å². The van der Waals surface area contributed by atoms with Gasteiger partial charge < -0.3 is 5.11 Å². The highest BCUT2D eigenvalue weighted by Gasteiger charge is 2.10. The summed E-state index contributed by atoms with van der Waals surface area (Å²) in [6.45, 7) is 2.83. The van der Waals surface area contributed by atoms with Gasteiger partial charge in [0, 0.05) is 29.7 Å². The predicted octanol–water partition coefficient (Wildman–Crippen LogP) is 2.83. The Morgan fingerprint density at radius 1 is 1.35 bits per heavy atom. The molecule has 0 radical (unpaired) electrons. The number of hydrogen-bond donors (Lipinski definition) is 1. The third-order valence-corrected chi connectivity index (χ3v) is 2.96. The molecule has 17 heavy (non-hydrogen) atoms. The van der Waals surface area contributed by atoms with Crippen LogP contribution in [0.1, 0.15) is 24.2 Å². The van der Waals surface area contributed by atoms with Gasteiger partial charge in [0.2, 0.25) is 0 Å². The molecule has 0 aliphatic heterocycles. The zero-order chi connectivity index (χ0) is 12.3. The fourth-order valence-electron chi connectivity index (χ4n) is 1.69. The molecular formula is C13H15ClN2O. The van der Waals surface area contributed by atoms with Gasteiger partial charge in [0.05, 0.1) is 12.3 Å². The minimum Gasteiger partial charge on any atom is -0.388 e. The SMILES string of the molecule is CCn1cc(C(O)Cc2ccc(Cl)cc2)cn1. The molecule has 0 aliphatic rings. The maximum Gasteiger partial charge on any atom is 0.0860 e. The van der Waals surface area contributed by atoms with Crippen molar-refractivity contribution in [2.75, 3.05) is 0 Å². The molecule has 0 saturated carbocycles. The third kappa shape index (κ3) is 3.08. The van der Waals surface area contributed by atoms with Crippen LogP contribution >= 0.6 is 11.6 Å². The predicted molar refractivity (Wildman–Crippen MR) is 68.0 cm³/mol. The molecule has 0 fully saturated rings. The number of rotatable bonds is 4. The van der Waals surface area contributed by atoms with Gasteiger partial charge in [-0.15, -0.1) is 0 Å². The number of benzene rings is 1. The van der Waals surface area contributed by atoms with Crippen molar-refractivity contribution in [1.82, 2.24) is 9.78 Å². The van der Waals surface area contributed by atoms with Crippen molar-refractivity contribution in [1.29, 1.82) is 0 Å². The lowest BCUT2D eigenvalue weighted by atomic mass is 10.0. The average molecular weight is 251 g/mol. The summed E-state index contributed by atoms with van der Waals surface area (Å²) in [6.07, 6.45) is 3.65. The molecule has 2 aromatic rings. The van der Waals surface area contributed by atoms with Crippen LogP contribution in [-0.2, 0) is 13.0 Å². The van der Waals surface area contributed by atoms with Gasteiger partial charge in [-0.3, -0.25) is 4.68 Å². The molecule has 0 saturated heterocycles. The van der Waals surface area contributed by atoms with E-state index in [9.17, 15) is 5.11 Å². The van der Waals surface area contributed by atoms with Gasteiger partial charge in [-0.25, -0.2) is 0 Å². The summed E-state index contributed by atoms with van der Waals surface area (Å²) in [6, 6.07) is 7.52. The first-order valence-corrected chi connectivity index (χ1v) is 6.01. The number of halogens is 1. The Hall–Kier alpha value is -1.32. The highest BCUT2D eigenvalue weighted by Crippen LogP contribution is 2.19. The molecule has 1 N–H and O–H groups in total. The molecule has 0 spiro atoms. The molecule has 1 aromatic heterocycles. The van der Waals surface area contributed by atoms with Gasteiger partial charge in [0.1, 0.15) is 0 Å². The quantitative estimate of drug-likeness (QED) is 0.906. The lowest BCUT2D eigenvalue weighted by Crippen LogP contribution is -2.00. The minimum absolute atomic E-state index is 0.517. The Morgan fingerprint density at radius 2 is 2.06 bits per heavy atom. The second kappa shape index (κ2) is 5.34. The zero-order valence-electron chi connectivity index (χ0n) is 9.68. The number of hydrogen-bond acceptors (Lipinski definition) is 2. The van der Waals surface area contributed by atoms with E-state index in [1.165, 1.54) is 0 Å².